The van der Waals surface area contributed by atoms with E-state index in [9.17, 15) is 0 Å². The van der Waals surface area contributed by atoms with Gasteiger partial charge in [0.2, 0.25) is 0 Å². The summed E-state index contributed by atoms with van der Waals surface area (Å²) in [4.78, 5) is 4.20. The predicted octanol–water partition coefficient (Wildman–Crippen LogP) is 7.06. The molecule has 0 bridgehead atoms. The highest BCUT2D eigenvalue weighted by Gasteiger charge is 2.20. The molecule has 1 saturated carbocycles. The Labute approximate surface area is 176 Å². The summed E-state index contributed by atoms with van der Waals surface area (Å²) >= 11 is 0. The van der Waals surface area contributed by atoms with E-state index in [2.05, 4.69) is 73.4 Å². The first-order chi connectivity index (χ1) is 14.2. The summed E-state index contributed by atoms with van der Waals surface area (Å²) in [6.45, 7) is 4.46. The molecular formula is C28H33N. The van der Waals surface area contributed by atoms with Crippen molar-refractivity contribution in [3.05, 3.63) is 100 Å². The van der Waals surface area contributed by atoms with E-state index >= 15 is 0 Å². The lowest BCUT2D eigenvalue weighted by Crippen LogP contribution is -2.08. The van der Waals surface area contributed by atoms with Gasteiger partial charge in [-0.3, -0.25) is 4.98 Å². The predicted molar refractivity (Wildman–Crippen MR) is 122 cm³/mol. The summed E-state index contributed by atoms with van der Waals surface area (Å²) in [7, 11) is 0. The highest BCUT2D eigenvalue weighted by atomic mass is 14.6. The Kier molecular flexibility index (Phi) is 6.44. The summed E-state index contributed by atoms with van der Waals surface area (Å²) in [5.74, 6) is 1.26. The number of pyridine rings is 1. The molecule has 1 unspecified atom stereocenters. The van der Waals surface area contributed by atoms with Crippen molar-refractivity contribution in [1.82, 2.24) is 4.98 Å². The monoisotopic (exact) mass is 383 g/mol. The first kappa shape index (κ1) is 19.9. The molecule has 2 aromatic carbocycles. The fourth-order valence-electron chi connectivity index (χ4n) is 4.90. The molecule has 150 valence electrons. The van der Waals surface area contributed by atoms with Crippen LogP contribution >= 0.6 is 0 Å². The first-order valence-electron chi connectivity index (χ1n) is 11.3. The second-order valence-corrected chi connectivity index (χ2v) is 8.76. The molecule has 29 heavy (non-hydrogen) atoms. The van der Waals surface area contributed by atoms with E-state index in [-0.39, 0.29) is 0 Å². The van der Waals surface area contributed by atoms with E-state index in [0.717, 1.165) is 18.8 Å². The minimum Gasteiger partial charge on any atom is -0.265 e. The Bertz CT molecular complexity index is 905. The van der Waals surface area contributed by atoms with Gasteiger partial charge in [-0.25, -0.2) is 0 Å². The molecule has 0 aliphatic heterocycles. The van der Waals surface area contributed by atoms with Crippen molar-refractivity contribution in [2.24, 2.45) is 5.92 Å². The highest BCUT2D eigenvalue weighted by Crippen LogP contribution is 2.33. The van der Waals surface area contributed by atoms with Gasteiger partial charge >= 0.3 is 0 Å². The van der Waals surface area contributed by atoms with Crippen LogP contribution in [0.4, 0.5) is 0 Å². The van der Waals surface area contributed by atoms with E-state index in [0.29, 0.717) is 5.92 Å². The van der Waals surface area contributed by atoms with Crippen molar-refractivity contribution in [1.29, 1.82) is 0 Å². The summed E-state index contributed by atoms with van der Waals surface area (Å²) in [6.07, 6.45) is 12.9. The van der Waals surface area contributed by atoms with Crippen LogP contribution in [0.5, 0.6) is 0 Å². The molecule has 1 heteroatoms. The van der Waals surface area contributed by atoms with Gasteiger partial charge in [0.25, 0.3) is 0 Å². The lowest BCUT2D eigenvalue weighted by Gasteiger charge is -2.22. The van der Waals surface area contributed by atoms with E-state index in [1.807, 2.05) is 12.4 Å². The van der Waals surface area contributed by atoms with Crippen molar-refractivity contribution in [3.8, 4) is 0 Å². The molecule has 1 fully saturated rings. The van der Waals surface area contributed by atoms with E-state index in [1.54, 1.807) is 5.56 Å². The van der Waals surface area contributed by atoms with Gasteiger partial charge < -0.3 is 0 Å². The van der Waals surface area contributed by atoms with Gasteiger partial charge in [0.15, 0.2) is 0 Å². The van der Waals surface area contributed by atoms with Gasteiger partial charge in [0.1, 0.15) is 0 Å². The Hall–Kier alpha value is -2.41. The smallest absolute Gasteiger partial charge is 0.0270 e. The standard InChI is InChI=1S/C28H33N/c1-3-24-12-13-26(20-27(24)18-22-6-4-5-7-22)28(19-23-14-16-29-17-15-23)25-10-8-21(2)9-11-25/h8-17,20,22,28H,3-7,18-19H2,1-2H3. The van der Waals surface area contributed by atoms with Crippen LogP contribution in [0.3, 0.4) is 0 Å². The van der Waals surface area contributed by atoms with Crippen LogP contribution in [0.1, 0.15) is 71.9 Å². The SMILES string of the molecule is CCc1ccc(C(Cc2ccncc2)c2ccc(C)cc2)cc1CC1CCCC1. The molecule has 0 radical (unpaired) electrons. The number of rotatable bonds is 7. The van der Waals surface area contributed by atoms with Crippen LogP contribution < -0.4 is 0 Å². The third-order valence-electron chi connectivity index (χ3n) is 6.67. The topological polar surface area (TPSA) is 12.9 Å². The van der Waals surface area contributed by atoms with E-state index in [4.69, 9.17) is 0 Å². The van der Waals surface area contributed by atoms with Crippen LogP contribution in [0, 0.1) is 12.8 Å². The summed E-state index contributed by atoms with van der Waals surface area (Å²) in [6, 6.07) is 20.7. The molecule has 0 spiro atoms. The summed E-state index contributed by atoms with van der Waals surface area (Å²) < 4.78 is 0. The fraction of sp³-hybridized carbons (Fsp3) is 0.393. The number of hydrogen-bond donors (Lipinski definition) is 0. The number of aromatic nitrogens is 1. The maximum atomic E-state index is 4.20. The first-order valence-corrected chi connectivity index (χ1v) is 11.3. The zero-order valence-corrected chi connectivity index (χ0v) is 17.9. The van der Waals surface area contributed by atoms with Crippen molar-refractivity contribution >= 4 is 0 Å². The molecule has 4 rings (SSSR count). The maximum absolute atomic E-state index is 4.20. The normalized spacial score (nSPS) is 15.5. The number of benzene rings is 2. The minimum absolute atomic E-state index is 0.381. The third-order valence-corrected chi connectivity index (χ3v) is 6.67. The molecule has 1 heterocycles. The molecule has 3 aromatic rings. The van der Waals surface area contributed by atoms with Crippen LogP contribution in [0.2, 0.25) is 0 Å². The van der Waals surface area contributed by atoms with Gasteiger partial charge in [-0.2, -0.15) is 0 Å². The van der Waals surface area contributed by atoms with Crippen molar-refractivity contribution in [3.63, 3.8) is 0 Å². The van der Waals surface area contributed by atoms with Gasteiger partial charge in [0, 0.05) is 18.3 Å². The molecule has 0 amide bonds. The van der Waals surface area contributed by atoms with Gasteiger partial charge in [-0.1, -0.05) is 80.6 Å². The zero-order chi connectivity index (χ0) is 20.1. The molecular weight excluding hydrogens is 350 g/mol. The molecule has 1 nitrogen and oxygen atoms in total. The lowest BCUT2D eigenvalue weighted by atomic mass is 9.83. The molecule has 1 aliphatic rings. The van der Waals surface area contributed by atoms with Crippen LogP contribution in [-0.2, 0) is 19.3 Å². The average Bonchev–Trinajstić information content (AvgIpc) is 3.27. The quantitative estimate of drug-likeness (QED) is 0.425. The second kappa shape index (κ2) is 9.39. The summed E-state index contributed by atoms with van der Waals surface area (Å²) in [5.41, 5.74) is 8.65. The van der Waals surface area contributed by atoms with Crippen LogP contribution in [-0.4, -0.2) is 4.98 Å². The Morgan fingerprint density at radius 3 is 2.24 bits per heavy atom. The number of nitrogens with zero attached hydrogens (tertiary/aromatic N) is 1. The third kappa shape index (κ3) is 4.96. The molecule has 1 aliphatic carbocycles. The Balaban J connectivity index is 1.69. The molecule has 0 saturated heterocycles. The van der Waals surface area contributed by atoms with Crippen molar-refractivity contribution in [2.45, 2.75) is 64.7 Å². The van der Waals surface area contributed by atoms with Crippen LogP contribution in [0.25, 0.3) is 0 Å². The number of aryl methyl sites for hydroxylation is 2. The van der Waals surface area contributed by atoms with E-state index in [1.165, 1.54) is 59.9 Å². The Morgan fingerprint density at radius 1 is 0.862 bits per heavy atom. The largest absolute Gasteiger partial charge is 0.265 e. The maximum Gasteiger partial charge on any atom is 0.0270 e. The lowest BCUT2D eigenvalue weighted by molar-refractivity contribution is 0.543. The van der Waals surface area contributed by atoms with Crippen molar-refractivity contribution < 1.29 is 0 Å². The highest BCUT2D eigenvalue weighted by molar-refractivity contribution is 5.41. The second-order valence-electron chi connectivity index (χ2n) is 8.76. The van der Waals surface area contributed by atoms with Crippen molar-refractivity contribution in [2.75, 3.05) is 0 Å². The molecule has 1 atom stereocenters. The van der Waals surface area contributed by atoms with Crippen LogP contribution in [0.15, 0.2) is 67.0 Å². The number of hydrogen-bond acceptors (Lipinski definition) is 1. The van der Waals surface area contributed by atoms with Gasteiger partial charge in [-0.05, 0) is 72.1 Å². The zero-order valence-electron chi connectivity index (χ0n) is 17.9. The van der Waals surface area contributed by atoms with Gasteiger partial charge in [-0.15, -0.1) is 0 Å². The minimum atomic E-state index is 0.381. The van der Waals surface area contributed by atoms with Gasteiger partial charge in [0.05, 0.1) is 0 Å². The van der Waals surface area contributed by atoms with E-state index < -0.39 is 0 Å². The summed E-state index contributed by atoms with van der Waals surface area (Å²) in [5, 5.41) is 0. The molecule has 1 aromatic heterocycles. The average molecular weight is 384 g/mol. The Morgan fingerprint density at radius 2 is 1.55 bits per heavy atom. The fourth-order valence-corrected chi connectivity index (χ4v) is 4.90. The molecule has 0 N–H and O–H groups in total.